The van der Waals surface area contributed by atoms with Crippen LogP contribution in [0.25, 0.3) is 0 Å². The van der Waals surface area contributed by atoms with Crippen LogP contribution in [-0.2, 0) is 0 Å². The number of benzene rings is 1. The number of nitrogens with zero attached hydrogens (tertiary/aromatic N) is 1. The second-order valence-corrected chi connectivity index (χ2v) is 5.47. The van der Waals surface area contributed by atoms with Gasteiger partial charge in [-0.3, -0.25) is 4.79 Å². The lowest BCUT2D eigenvalue weighted by atomic mass is 10.1. The normalized spacial score (nSPS) is 19.3. The van der Waals surface area contributed by atoms with Crippen molar-refractivity contribution in [2.24, 2.45) is 0 Å². The van der Waals surface area contributed by atoms with Gasteiger partial charge < -0.3 is 10.2 Å². The van der Waals surface area contributed by atoms with Gasteiger partial charge in [-0.1, -0.05) is 11.6 Å². The van der Waals surface area contributed by atoms with Crippen molar-refractivity contribution in [2.75, 3.05) is 19.6 Å². The molecule has 0 radical (unpaired) electrons. The highest BCUT2D eigenvalue weighted by Crippen LogP contribution is 2.23. The summed E-state index contributed by atoms with van der Waals surface area (Å²) < 4.78 is 0.751. The molecule has 1 saturated heterocycles. The summed E-state index contributed by atoms with van der Waals surface area (Å²) in [6, 6.07) is 5.48. The molecule has 1 N–H and O–H groups in total. The summed E-state index contributed by atoms with van der Waals surface area (Å²) >= 11 is 9.26. The van der Waals surface area contributed by atoms with Gasteiger partial charge in [0.2, 0.25) is 0 Å². The second-order valence-electron chi connectivity index (χ2n) is 4.18. The molecule has 0 aliphatic carbocycles. The highest BCUT2D eigenvalue weighted by atomic mass is 79.9. The number of nitrogens with one attached hydrogen (secondary N) is 1. The number of halogens is 3. The average molecular weight is 354 g/mol. The number of piperazine rings is 1. The van der Waals surface area contributed by atoms with Crippen LogP contribution < -0.4 is 5.32 Å². The van der Waals surface area contributed by atoms with E-state index < -0.39 is 0 Å². The second kappa shape index (κ2) is 6.75. The Balaban J connectivity index is 0.00000162. The van der Waals surface area contributed by atoms with Crippen LogP contribution in [-0.4, -0.2) is 36.5 Å². The summed E-state index contributed by atoms with van der Waals surface area (Å²) in [5, 5.41) is 3.89. The van der Waals surface area contributed by atoms with E-state index in [1.54, 1.807) is 18.2 Å². The predicted molar refractivity (Wildman–Crippen MR) is 79.8 cm³/mol. The minimum absolute atomic E-state index is 0. The molecule has 0 aromatic heterocycles. The third-order valence-corrected chi connectivity index (χ3v) is 3.81. The zero-order chi connectivity index (χ0) is 12.4. The molecule has 0 unspecified atom stereocenters. The zero-order valence-electron chi connectivity index (χ0n) is 9.95. The minimum atomic E-state index is 0. The van der Waals surface area contributed by atoms with E-state index in [4.69, 9.17) is 11.6 Å². The first kappa shape index (κ1) is 15.8. The molecule has 18 heavy (non-hydrogen) atoms. The molecule has 1 aromatic carbocycles. The Labute approximate surface area is 126 Å². The van der Waals surface area contributed by atoms with E-state index in [-0.39, 0.29) is 24.4 Å². The highest BCUT2D eigenvalue weighted by Gasteiger charge is 2.25. The Morgan fingerprint density at radius 1 is 1.56 bits per heavy atom. The number of amides is 1. The molecule has 1 heterocycles. The van der Waals surface area contributed by atoms with E-state index in [2.05, 4.69) is 21.2 Å². The fourth-order valence-electron chi connectivity index (χ4n) is 1.96. The number of rotatable bonds is 1. The standard InChI is InChI=1S/C12H14BrClN2O.ClH/c1-8-7-15-4-5-16(8)12(17)10-3-2-9(14)6-11(10)13;/h2-3,6,8,15H,4-5,7H2,1H3;1H/t8-;/m0./s1. The third kappa shape index (κ3) is 3.38. The molecule has 1 aliphatic heterocycles. The van der Waals surface area contributed by atoms with Gasteiger partial charge in [-0.15, -0.1) is 12.4 Å². The predicted octanol–water partition coefficient (Wildman–Crippen LogP) is 2.96. The smallest absolute Gasteiger partial charge is 0.255 e. The van der Waals surface area contributed by atoms with Crippen molar-refractivity contribution in [3.8, 4) is 0 Å². The van der Waals surface area contributed by atoms with E-state index in [1.165, 1.54) is 0 Å². The van der Waals surface area contributed by atoms with Gasteiger partial charge in [0.15, 0.2) is 0 Å². The van der Waals surface area contributed by atoms with Crippen LogP contribution in [0.3, 0.4) is 0 Å². The van der Waals surface area contributed by atoms with Crippen LogP contribution in [0, 0.1) is 0 Å². The fourth-order valence-corrected chi connectivity index (χ4v) is 2.81. The van der Waals surface area contributed by atoms with E-state index >= 15 is 0 Å². The molecule has 3 nitrogen and oxygen atoms in total. The van der Waals surface area contributed by atoms with Crippen LogP contribution in [0.2, 0.25) is 5.02 Å². The van der Waals surface area contributed by atoms with Crippen molar-refractivity contribution in [3.05, 3.63) is 33.3 Å². The SMILES string of the molecule is C[C@H]1CNCCN1C(=O)c1ccc(Cl)cc1Br.Cl. The van der Waals surface area contributed by atoms with E-state index in [1.807, 2.05) is 11.8 Å². The number of carbonyl (C=O) groups excluding carboxylic acids is 1. The fraction of sp³-hybridized carbons (Fsp3) is 0.417. The van der Waals surface area contributed by atoms with Gasteiger partial charge in [-0.05, 0) is 41.1 Å². The lowest BCUT2D eigenvalue weighted by Gasteiger charge is -2.34. The van der Waals surface area contributed by atoms with Crippen molar-refractivity contribution in [3.63, 3.8) is 0 Å². The Bertz CT molecular complexity index is 442. The lowest BCUT2D eigenvalue weighted by Crippen LogP contribution is -2.52. The maximum atomic E-state index is 12.4. The van der Waals surface area contributed by atoms with Crippen molar-refractivity contribution >= 4 is 45.8 Å². The summed E-state index contributed by atoms with van der Waals surface area (Å²) in [6.45, 7) is 4.49. The molecule has 0 bridgehead atoms. The third-order valence-electron chi connectivity index (χ3n) is 2.92. The molecule has 2 rings (SSSR count). The van der Waals surface area contributed by atoms with Crippen LogP contribution in [0.1, 0.15) is 17.3 Å². The zero-order valence-corrected chi connectivity index (χ0v) is 13.1. The van der Waals surface area contributed by atoms with Gasteiger partial charge in [0.25, 0.3) is 5.91 Å². The molecule has 1 atom stereocenters. The Hall–Kier alpha value is -0.290. The van der Waals surface area contributed by atoms with Gasteiger partial charge in [0.1, 0.15) is 0 Å². The molecule has 0 spiro atoms. The Kier molecular flexibility index (Phi) is 5.92. The minimum Gasteiger partial charge on any atom is -0.333 e. The summed E-state index contributed by atoms with van der Waals surface area (Å²) in [7, 11) is 0. The van der Waals surface area contributed by atoms with E-state index in [0.717, 1.165) is 24.1 Å². The van der Waals surface area contributed by atoms with Crippen molar-refractivity contribution in [1.82, 2.24) is 10.2 Å². The largest absolute Gasteiger partial charge is 0.333 e. The number of hydrogen-bond acceptors (Lipinski definition) is 2. The lowest BCUT2D eigenvalue weighted by molar-refractivity contribution is 0.0655. The van der Waals surface area contributed by atoms with E-state index in [9.17, 15) is 4.79 Å². The molecule has 1 aromatic rings. The number of carbonyl (C=O) groups is 1. The summed E-state index contributed by atoms with van der Waals surface area (Å²) in [5.41, 5.74) is 0.670. The van der Waals surface area contributed by atoms with Crippen LogP contribution in [0.15, 0.2) is 22.7 Å². The first-order valence-electron chi connectivity index (χ1n) is 5.56. The van der Waals surface area contributed by atoms with Crippen molar-refractivity contribution in [2.45, 2.75) is 13.0 Å². The molecular weight excluding hydrogens is 339 g/mol. The summed E-state index contributed by atoms with van der Waals surface area (Å²) in [6.07, 6.45) is 0. The Morgan fingerprint density at radius 2 is 2.28 bits per heavy atom. The van der Waals surface area contributed by atoms with E-state index in [0.29, 0.717) is 10.6 Å². The molecular formula is C12H15BrCl2N2O. The first-order valence-corrected chi connectivity index (χ1v) is 6.73. The summed E-state index contributed by atoms with van der Waals surface area (Å²) in [5.74, 6) is 0.0579. The van der Waals surface area contributed by atoms with Gasteiger partial charge in [0, 0.05) is 35.2 Å². The van der Waals surface area contributed by atoms with Crippen LogP contribution in [0.4, 0.5) is 0 Å². The maximum Gasteiger partial charge on any atom is 0.255 e. The van der Waals surface area contributed by atoms with Gasteiger partial charge in [-0.2, -0.15) is 0 Å². The molecule has 1 amide bonds. The highest BCUT2D eigenvalue weighted by molar-refractivity contribution is 9.10. The molecule has 0 saturated carbocycles. The molecule has 1 fully saturated rings. The topological polar surface area (TPSA) is 32.3 Å². The van der Waals surface area contributed by atoms with Crippen molar-refractivity contribution in [1.29, 1.82) is 0 Å². The van der Waals surface area contributed by atoms with Gasteiger partial charge >= 0.3 is 0 Å². The van der Waals surface area contributed by atoms with Gasteiger partial charge in [0.05, 0.1) is 5.56 Å². The summed E-state index contributed by atoms with van der Waals surface area (Å²) in [4.78, 5) is 14.3. The molecule has 6 heteroatoms. The maximum absolute atomic E-state index is 12.4. The van der Waals surface area contributed by atoms with Gasteiger partial charge in [-0.25, -0.2) is 0 Å². The molecule has 1 aliphatic rings. The van der Waals surface area contributed by atoms with Crippen LogP contribution in [0.5, 0.6) is 0 Å². The van der Waals surface area contributed by atoms with Crippen LogP contribution >= 0.6 is 39.9 Å². The quantitative estimate of drug-likeness (QED) is 0.841. The monoisotopic (exact) mass is 352 g/mol. The van der Waals surface area contributed by atoms with Crippen molar-refractivity contribution < 1.29 is 4.79 Å². The number of hydrogen-bond donors (Lipinski definition) is 1. The Morgan fingerprint density at radius 3 is 2.89 bits per heavy atom. The molecule has 100 valence electrons. The first-order chi connectivity index (χ1) is 8.09. The average Bonchev–Trinajstić information content (AvgIpc) is 2.29.